The maximum Gasteiger partial charge on any atom is 0.253 e. The highest BCUT2D eigenvalue weighted by molar-refractivity contribution is 5.91. The number of carbonyl (C=O) groups is 2. The molecule has 24 heavy (non-hydrogen) atoms. The summed E-state index contributed by atoms with van der Waals surface area (Å²) in [7, 11) is 1.55. The number of aliphatic hydroxyl groups excluding tert-OH is 1. The first kappa shape index (κ1) is 17.7. The lowest BCUT2D eigenvalue weighted by Gasteiger charge is -2.23. The van der Waals surface area contributed by atoms with Gasteiger partial charge in [-0.2, -0.15) is 0 Å². The van der Waals surface area contributed by atoms with Crippen molar-refractivity contribution >= 4 is 11.8 Å². The Morgan fingerprint density at radius 3 is 2.58 bits per heavy atom. The average Bonchev–Trinajstić information content (AvgIpc) is 3.12. The summed E-state index contributed by atoms with van der Waals surface area (Å²) in [4.78, 5) is 25.5. The Hall–Kier alpha value is -2.64. The zero-order chi connectivity index (χ0) is 17.5. The van der Waals surface area contributed by atoms with Crippen LogP contribution >= 0.6 is 0 Å². The third-order valence-corrected chi connectivity index (χ3v) is 3.55. The summed E-state index contributed by atoms with van der Waals surface area (Å²) >= 11 is 0. The van der Waals surface area contributed by atoms with Crippen LogP contribution in [-0.2, 0) is 22.7 Å². The van der Waals surface area contributed by atoms with Crippen LogP contribution in [0.2, 0.25) is 0 Å². The zero-order valence-corrected chi connectivity index (χ0v) is 13.4. The first-order valence-electron chi connectivity index (χ1n) is 7.51. The Bertz CT molecular complexity index is 658. The van der Waals surface area contributed by atoms with Gasteiger partial charge in [0.1, 0.15) is 11.8 Å². The van der Waals surface area contributed by atoms with Gasteiger partial charge in [0.05, 0.1) is 12.8 Å². The van der Waals surface area contributed by atoms with Crippen LogP contribution in [0, 0.1) is 0 Å². The molecule has 0 aliphatic heterocycles. The van der Waals surface area contributed by atoms with Gasteiger partial charge in [-0.1, -0.05) is 30.3 Å². The van der Waals surface area contributed by atoms with E-state index in [1.165, 1.54) is 11.2 Å². The summed E-state index contributed by atoms with van der Waals surface area (Å²) in [5.74, 6) is -0.683. The fourth-order valence-electron chi connectivity index (χ4n) is 2.16. The molecule has 0 spiro atoms. The molecular weight excluding hydrogens is 310 g/mol. The second kappa shape index (κ2) is 8.28. The van der Waals surface area contributed by atoms with Crippen LogP contribution in [0.3, 0.4) is 0 Å². The molecule has 2 rings (SSSR count). The standard InChI is InChI=1S/C17H21N3O4/c1-20(11-12-6-3-2-4-7-12)17(23)15(21)14(18)16(22)19-10-13-8-5-9-24-13/h2-9,14-15,21H,10-11,18H2,1H3,(H,19,22)/t14-,15-/m1/s1. The van der Waals surface area contributed by atoms with E-state index in [4.69, 9.17) is 10.2 Å². The minimum Gasteiger partial charge on any atom is -0.467 e. The van der Waals surface area contributed by atoms with Crippen molar-refractivity contribution in [2.75, 3.05) is 7.05 Å². The van der Waals surface area contributed by atoms with Crippen molar-refractivity contribution < 1.29 is 19.1 Å². The average molecular weight is 331 g/mol. The van der Waals surface area contributed by atoms with Gasteiger partial charge in [0.25, 0.3) is 5.91 Å². The number of amides is 2. The minimum absolute atomic E-state index is 0.139. The molecule has 7 nitrogen and oxygen atoms in total. The quantitative estimate of drug-likeness (QED) is 0.673. The highest BCUT2D eigenvalue weighted by Crippen LogP contribution is 2.06. The van der Waals surface area contributed by atoms with Gasteiger partial charge in [0, 0.05) is 13.6 Å². The van der Waals surface area contributed by atoms with Crippen LogP contribution in [0.25, 0.3) is 0 Å². The van der Waals surface area contributed by atoms with Crippen LogP contribution in [0.4, 0.5) is 0 Å². The number of hydrogen-bond donors (Lipinski definition) is 3. The molecule has 0 aliphatic rings. The smallest absolute Gasteiger partial charge is 0.253 e. The number of aliphatic hydroxyl groups is 1. The monoisotopic (exact) mass is 331 g/mol. The normalized spacial score (nSPS) is 13.1. The molecule has 0 bridgehead atoms. The predicted octanol–water partition coefficient (Wildman–Crippen LogP) is 0.243. The van der Waals surface area contributed by atoms with E-state index < -0.39 is 24.0 Å². The van der Waals surface area contributed by atoms with E-state index in [2.05, 4.69) is 5.32 Å². The number of rotatable bonds is 7. The largest absolute Gasteiger partial charge is 0.467 e. The first-order chi connectivity index (χ1) is 11.5. The predicted molar refractivity (Wildman–Crippen MR) is 87.5 cm³/mol. The van der Waals surface area contributed by atoms with Crippen LogP contribution in [0.5, 0.6) is 0 Å². The summed E-state index contributed by atoms with van der Waals surface area (Å²) in [5, 5.41) is 12.6. The van der Waals surface area contributed by atoms with Gasteiger partial charge >= 0.3 is 0 Å². The van der Waals surface area contributed by atoms with E-state index in [0.717, 1.165) is 5.56 Å². The molecule has 2 atom stereocenters. The number of benzene rings is 1. The SMILES string of the molecule is CN(Cc1ccccc1)C(=O)[C@H](O)[C@@H](N)C(=O)NCc1ccco1. The molecule has 0 unspecified atom stereocenters. The van der Waals surface area contributed by atoms with E-state index >= 15 is 0 Å². The molecule has 0 aliphatic carbocycles. The van der Waals surface area contributed by atoms with E-state index in [0.29, 0.717) is 12.3 Å². The molecule has 0 radical (unpaired) electrons. The fraction of sp³-hybridized carbons (Fsp3) is 0.294. The van der Waals surface area contributed by atoms with Crippen molar-refractivity contribution in [2.45, 2.75) is 25.2 Å². The zero-order valence-electron chi connectivity index (χ0n) is 13.4. The van der Waals surface area contributed by atoms with Crippen LogP contribution < -0.4 is 11.1 Å². The summed E-state index contributed by atoms with van der Waals surface area (Å²) in [6.07, 6.45) is -0.131. The van der Waals surface area contributed by atoms with Gasteiger partial charge in [-0.05, 0) is 17.7 Å². The van der Waals surface area contributed by atoms with Crippen molar-refractivity contribution in [3.05, 3.63) is 60.1 Å². The lowest BCUT2D eigenvalue weighted by molar-refractivity contribution is -0.144. The molecular formula is C17H21N3O4. The topological polar surface area (TPSA) is 109 Å². The van der Waals surface area contributed by atoms with Gasteiger partial charge in [-0.25, -0.2) is 0 Å². The molecule has 2 amide bonds. The molecule has 0 fully saturated rings. The number of nitrogens with two attached hydrogens (primary N) is 1. The number of furan rings is 1. The minimum atomic E-state index is -1.62. The lowest BCUT2D eigenvalue weighted by Crippen LogP contribution is -2.54. The van der Waals surface area contributed by atoms with Gasteiger partial charge in [-0.3, -0.25) is 9.59 Å². The third-order valence-electron chi connectivity index (χ3n) is 3.55. The van der Waals surface area contributed by atoms with Crippen LogP contribution in [0.15, 0.2) is 53.1 Å². The Labute approximate surface area is 140 Å². The van der Waals surface area contributed by atoms with Gasteiger partial charge in [0.15, 0.2) is 6.10 Å². The summed E-state index contributed by atoms with van der Waals surface area (Å²) < 4.78 is 5.08. The summed E-state index contributed by atoms with van der Waals surface area (Å²) in [6, 6.07) is 11.4. The molecule has 1 heterocycles. The molecule has 7 heteroatoms. The van der Waals surface area contributed by atoms with E-state index in [-0.39, 0.29) is 6.54 Å². The highest BCUT2D eigenvalue weighted by atomic mass is 16.3. The summed E-state index contributed by atoms with van der Waals surface area (Å²) in [6.45, 7) is 0.456. The number of nitrogens with one attached hydrogen (secondary N) is 1. The maximum atomic E-state index is 12.2. The molecule has 4 N–H and O–H groups in total. The van der Waals surface area contributed by atoms with Crippen molar-refractivity contribution in [1.29, 1.82) is 0 Å². The highest BCUT2D eigenvalue weighted by Gasteiger charge is 2.30. The number of nitrogens with zero attached hydrogens (tertiary/aromatic N) is 1. The van der Waals surface area contributed by atoms with Crippen molar-refractivity contribution in [3.63, 3.8) is 0 Å². The van der Waals surface area contributed by atoms with Crippen molar-refractivity contribution in [2.24, 2.45) is 5.73 Å². The molecule has 1 aromatic heterocycles. The second-order valence-corrected chi connectivity index (χ2v) is 5.45. The summed E-state index contributed by atoms with van der Waals surface area (Å²) in [5.41, 5.74) is 6.61. The van der Waals surface area contributed by atoms with E-state index in [1.54, 1.807) is 19.2 Å². The van der Waals surface area contributed by atoms with Crippen LogP contribution in [0.1, 0.15) is 11.3 Å². The van der Waals surface area contributed by atoms with Gasteiger partial charge in [0.2, 0.25) is 5.91 Å². The Morgan fingerprint density at radius 2 is 1.96 bits per heavy atom. The molecule has 128 valence electrons. The van der Waals surface area contributed by atoms with E-state index in [1.807, 2.05) is 30.3 Å². The van der Waals surface area contributed by atoms with Gasteiger partial charge in [-0.15, -0.1) is 0 Å². The maximum absolute atomic E-state index is 12.2. The fourth-order valence-corrected chi connectivity index (χ4v) is 2.16. The molecule has 2 aromatic rings. The number of likely N-dealkylation sites (N-methyl/N-ethyl adjacent to an activating group) is 1. The third kappa shape index (κ3) is 4.68. The number of hydrogen-bond acceptors (Lipinski definition) is 5. The second-order valence-electron chi connectivity index (χ2n) is 5.45. The van der Waals surface area contributed by atoms with Crippen molar-refractivity contribution in [1.82, 2.24) is 10.2 Å². The Morgan fingerprint density at radius 1 is 1.25 bits per heavy atom. The van der Waals surface area contributed by atoms with E-state index in [9.17, 15) is 14.7 Å². The number of carbonyl (C=O) groups excluding carboxylic acids is 2. The molecule has 0 saturated heterocycles. The Balaban J connectivity index is 1.87. The molecule has 0 saturated carbocycles. The van der Waals surface area contributed by atoms with Crippen LogP contribution in [-0.4, -0.2) is 41.0 Å². The molecule has 1 aromatic carbocycles. The lowest BCUT2D eigenvalue weighted by atomic mass is 10.1. The van der Waals surface area contributed by atoms with Gasteiger partial charge < -0.3 is 25.5 Å². The Kier molecular flexibility index (Phi) is 6.11. The first-order valence-corrected chi connectivity index (χ1v) is 7.51. The van der Waals surface area contributed by atoms with Crippen molar-refractivity contribution in [3.8, 4) is 0 Å².